The van der Waals surface area contributed by atoms with Crippen LogP contribution in [-0.2, 0) is 14.4 Å². The summed E-state index contributed by atoms with van der Waals surface area (Å²) >= 11 is 2.27. The van der Waals surface area contributed by atoms with Crippen LogP contribution in [0.5, 0.6) is 11.5 Å². The number of aromatic amines is 1. The lowest BCUT2D eigenvalue weighted by Gasteiger charge is -2.30. The van der Waals surface area contributed by atoms with E-state index in [1.165, 1.54) is 16.7 Å². The zero-order valence-corrected chi connectivity index (χ0v) is 24.4. The van der Waals surface area contributed by atoms with Crippen molar-refractivity contribution in [3.8, 4) is 11.5 Å². The van der Waals surface area contributed by atoms with Crippen LogP contribution in [0.2, 0.25) is 0 Å². The Kier molecular flexibility index (Phi) is 7.61. The van der Waals surface area contributed by atoms with E-state index < -0.39 is 17.1 Å². The quantitative estimate of drug-likeness (QED) is 0.274. The van der Waals surface area contributed by atoms with Crippen molar-refractivity contribution in [2.45, 2.75) is 30.0 Å². The number of rotatable bonds is 8. The molecule has 2 N–H and O–H groups in total. The smallest absolute Gasteiger partial charge is 0.305 e. The van der Waals surface area contributed by atoms with Crippen LogP contribution in [0.1, 0.15) is 28.8 Å². The van der Waals surface area contributed by atoms with Crippen molar-refractivity contribution in [2.24, 2.45) is 5.92 Å². The molecule has 0 aliphatic carbocycles. The van der Waals surface area contributed by atoms with Gasteiger partial charge in [-0.05, 0) is 55.8 Å². The molecule has 11 heteroatoms. The number of fused-ring (bicyclic) bond motifs is 2. The normalized spacial score (nSPS) is 19.3. The number of benzene rings is 3. The Morgan fingerprint density at radius 1 is 0.952 bits per heavy atom. The first-order valence-electron chi connectivity index (χ1n) is 13.4. The van der Waals surface area contributed by atoms with Crippen molar-refractivity contribution in [3.05, 3.63) is 98.5 Å². The molecule has 2 aliphatic heterocycles. The van der Waals surface area contributed by atoms with Gasteiger partial charge in [0.15, 0.2) is 18.1 Å². The maximum absolute atomic E-state index is 13.9. The Morgan fingerprint density at radius 2 is 1.71 bits per heavy atom. The molecule has 3 heterocycles. The van der Waals surface area contributed by atoms with Gasteiger partial charge in [-0.1, -0.05) is 65.1 Å². The topological polar surface area (TPSA) is 118 Å². The number of para-hydroxylation sites is 1. The number of aromatic nitrogens is 1. The third kappa shape index (κ3) is 5.21. The summed E-state index contributed by atoms with van der Waals surface area (Å²) in [5.74, 6) is -1.46. The third-order valence-corrected chi connectivity index (χ3v) is 9.56. The summed E-state index contributed by atoms with van der Waals surface area (Å²) in [6, 6.07) is 21.6. The average molecular weight is 602 g/mol. The summed E-state index contributed by atoms with van der Waals surface area (Å²) in [5, 5.41) is 2.71. The number of hydrogen-bond donors (Lipinski definition) is 2. The van der Waals surface area contributed by atoms with Gasteiger partial charge in [-0.25, -0.2) is 4.90 Å². The molecule has 9 nitrogen and oxygen atoms in total. The van der Waals surface area contributed by atoms with E-state index in [9.17, 15) is 19.2 Å². The van der Waals surface area contributed by atoms with E-state index in [1.807, 2.05) is 44.2 Å². The minimum atomic E-state index is -0.719. The number of imide groups is 1. The highest BCUT2D eigenvalue weighted by molar-refractivity contribution is 8.00. The van der Waals surface area contributed by atoms with E-state index >= 15 is 0 Å². The molecule has 214 valence electrons. The van der Waals surface area contributed by atoms with Gasteiger partial charge in [-0.15, -0.1) is 0 Å². The van der Waals surface area contributed by atoms with E-state index in [0.29, 0.717) is 44.9 Å². The van der Waals surface area contributed by atoms with Crippen LogP contribution in [-0.4, -0.2) is 41.2 Å². The summed E-state index contributed by atoms with van der Waals surface area (Å²) in [4.78, 5) is 57.0. The molecule has 1 saturated heterocycles. The number of thiazole rings is 1. The van der Waals surface area contributed by atoms with Gasteiger partial charge in [0.25, 0.3) is 5.91 Å². The van der Waals surface area contributed by atoms with Gasteiger partial charge in [-0.3, -0.25) is 19.2 Å². The molecule has 1 aromatic heterocycles. The summed E-state index contributed by atoms with van der Waals surface area (Å²) in [6.45, 7) is 3.90. The number of aryl methyl sites for hydroxylation is 1. The van der Waals surface area contributed by atoms with E-state index in [1.54, 1.807) is 42.5 Å². The van der Waals surface area contributed by atoms with Gasteiger partial charge in [0.05, 0.1) is 23.2 Å². The monoisotopic (exact) mass is 601 g/mol. The predicted molar refractivity (Wildman–Crippen MR) is 162 cm³/mol. The number of anilines is 2. The number of amides is 3. The van der Waals surface area contributed by atoms with Crippen LogP contribution >= 0.6 is 23.1 Å². The minimum absolute atomic E-state index is 0.235. The standard InChI is InChI=1S/C31H27N3O6S2/c1-3-39-22-15-18(11-14-21(22)40-16-23(35)32-19-12-9-17(2)10-13-19)24-25-27(41-28-26(24)42-31(38)33-28)30(37)34(29(25)36)20-7-5-4-6-8-20/h4-15,24-25,27H,3,16H2,1-2H3,(H,32,35)(H,33,38). The first-order chi connectivity index (χ1) is 20.3. The highest BCUT2D eigenvalue weighted by atomic mass is 32.2. The molecule has 0 saturated carbocycles. The molecule has 0 radical (unpaired) electrons. The van der Waals surface area contributed by atoms with Gasteiger partial charge in [-0.2, -0.15) is 0 Å². The first kappa shape index (κ1) is 27.8. The second kappa shape index (κ2) is 11.5. The summed E-state index contributed by atoms with van der Waals surface area (Å²) in [5.41, 5.74) is 2.98. The molecule has 3 atom stereocenters. The van der Waals surface area contributed by atoms with Gasteiger partial charge in [0, 0.05) is 16.5 Å². The Morgan fingerprint density at radius 3 is 2.45 bits per heavy atom. The van der Waals surface area contributed by atoms with Crippen molar-refractivity contribution >= 4 is 52.2 Å². The van der Waals surface area contributed by atoms with Gasteiger partial charge in [0.1, 0.15) is 5.25 Å². The largest absolute Gasteiger partial charge is 0.490 e. The molecule has 3 unspecified atom stereocenters. The van der Waals surface area contributed by atoms with Crippen molar-refractivity contribution in [2.75, 3.05) is 23.4 Å². The maximum Gasteiger partial charge on any atom is 0.305 e. The van der Waals surface area contributed by atoms with Crippen molar-refractivity contribution in [1.82, 2.24) is 4.98 Å². The number of nitrogens with zero attached hydrogens (tertiary/aromatic N) is 1. The number of H-pyrrole nitrogens is 1. The molecule has 42 heavy (non-hydrogen) atoms. The molecule has 4 aromatic rings. The lowest BCUT2D eigenvalue weighted by atomic mass is 9.83. The molecule has 3 amide bonds. The summed E-state index contributed by atoms with van der Waals surface area (Å²) in [7, 11) is 0. The fraction of sp³-hybridized carbons (Fsp3) is 0.226. The van der Waals surface area contributed by atoms with Crippen molar-refractivity contribution in [1.29, 1.82) is 0 Å². The van der Waals surface area contributed by atoms with E-state index in [4.69, 9.17) is 9.47 Å². The van der Waals surface area contributed by atoms with Gasteiger partial charge < -0.3 is 19.8 Å². The van der Waals surface area contributed by atoms with Crippen molar-refractivity contribution in [3.63, 3.8) is 0 Å². The Labute approximate surface area is 249 Å². The van der Waals surface area contributed by atoms with Gasteiger partial charge >= 0.3 is 4.87 Å². The third-order valence-electron chi connectivity index (χ3n) is 7.16. The lowest BCUT2D eigenvalue weighted by Crippen LogP contribution is -2.32. The highest BCUT2D eigenvalue weighted by Crippen LogP contribution is 2.53. The van der Waals surface area contributed by atoms with Crippen LogP contribution in [0.3, 0.4) is 0 Å². The molecular weight excluding hydrogens is 574 g/mol. The Balaban J connectivity index is 1.31. The molecule has 3 aromatic carbocycles. The van der Waals surface area contributed by atoms with E-state index in [2.05, 4.69) is 10.3 Å². The fourth-order valence-electron chi connectivity index (χ4n) is 5.29. The van der Waals surface area contributed by atoms with E-state index in [0.717, 1.165) is 16.9 Å². The second-order valence-electron chi connectivity index (χ2n) is 9.94. The number of hydrogen-bond acceptors (Lipinski definition) is 8. The van der Waals surface area contributed by atoms with Crippen LogP contribution < -0.4 is 24.6 Å². The molecular formula is C31H27N3O6S2. The number of nitrogens with one attached hydrogen (secondary N) is 2. The molecule has 0 spiro atoms. The average Bonchev–Trinajstić information content (AvgIpc) is 3.48. The maximum atomic E-state index is 13.9. The molecule has 6 rings (SSSR count). The SMILES string of the molecule is CCOc1cc(C2c3sc(=O)[nH]c3SC3C(=O)N(c4ccccc4)C(=O)C32)ccc1OCC(=O)Nc1ccc(C)cc1. The van der Waals surface area contributed by atoms with Crippen molar-refractivity contribution < 1.29 is 23.9 Å². The first-order valence-corrected chi connectivity index (χ1v) is 15.1. The summed E-state index contributed by atoms with van der Waals surface area (Å²) < 4.78 is 11.7. The fourth-order valence-corrected chi connectivity index (χ4v) is 7.81. The van der Waals surface area contributed by atoms with E-state index in [-0.39, 0.29) is 29.2 Å². The molecule has 2 aliphatic rings. The Bertz CT molecular complexity index is 1720. The number of carbonyl (C=O) groups is 3. The number of ether oxygens (including phenoxy) is 2. The lowest BCUT2D eigenvalue weighted by molar-refractivity contribution is -0.122. The number of carbonyl (C=O) groups excluding carboxylic acids is 3. The predicted octanol–water partition coefficient (Wildman–Crippen LogP) is 4.96. The summed E-state index contributed by atoms with van der Waals surface area (Å²) in [6.07, 6.45) is 0. The van der Waals surface area contributed by atoms with Crippen LogP contribution in [0.15, 0.2) is 82.6 Å². The van der Waals surface area contributed by atoms with Crippen LogP contribution in [0.25, 0.3) is 0 Å². The highest BCUT2D eigenvalue weighted by Gasteiger charge is 2.56. The second-order valence-corrected chi connectivity index (χ2v) is 12.1. The molecule has 1 fully saturated rings. The zero-order valence-electron chi connectivity index (χ0n) is 22.8. The van der Waals surface area contributed by atoms with Gasteiger partial charge in [0.2, 0.25) is 11.8 Å². The molecule has 0 bridgehead atoms. The zero-order chi connectivity index (χ0) is 29.4. The number of thioether (sulfide) groups is 1. The minimum Gasteiger partial charge on any atom is -0.490 e. The van der Waals surface area contributed by atoms with Crippen LogP contribution in [0.4, 0.5) is 11.4 Å². The van der Waals surface area contributed by atoms with Crippen LogP contribution in [0, 0.1) is 12.8 Å². The Hall–Kier alpha value is -4.35.